The molecule has 0 amide bonds. The molecule has 102 valence electrons. The monoisotopic (exact) mass is 254 g/mol. The van der Waals surface area contributed by atoms with E-state index in [2.05, 4.69) is 56.0 Å². The van der Waals surface area contributed by atoms with Crippen molar-refractivity contribution in [1.29, 1.82) is 0 Å². The zero-order valence-electron chi connectivity index (χ0n) is 11.8. The quantitative estimate of drug-likeness (QED) is 0.575. The van der Waals surface area contributed by atoms with Crippen molar-refractivity contribution in [3.63, 3.8) is 0 Å². The molecule has 0 aliphatic carbocycles. The van der Waals surface area contributed by atoms with Gasteiger partial charge in [0.1, 0.15) is 0 Å². The molecule has 0 radical (unpaired) electrons. The minimum Gasteiger partial charge on any atom is -0.0984 e. The number of hydrogen-bond donors (Lipinski definition) is 0. The predicted octanol–water partition coefficient (Wildman–Crippen LogP) is 6.49. The van der Waals surface area contributed by atoms with Gasteiger partial charge in [-0.2, -0.15) is 0 Å². The molecule has 19 heavy (non-hydrogen) atoms. The van der Waals surface area contributed by atoms with Crippen LogP contribution in [0.25, 0.3) is 22.9 Å². The maximum absolute atomic E-state index is 3.93. The summed E-state index contributed by atoms with van der Waals surface area (Å²) in [4.78, 5) is 0. The van der Waals surface area contributed by atoms with Crippen molar-refractivity contribution in [3.05, 3.63) is 59.7 Å². The Hall–Kier alpha value is -1.82. The number of rotatable bonds is 2. The number of fused-ring (bicyclic) bond motifs is 1. The van der Waals surface area contributed by atoms with Crippen LogP contribution in [0.4, 0.5) is 0 Å². The Morgan fingerprint density at radius 2 is 1.68 bits per heavy atom. The van der Waals surface area contributed by atoms with Gasteiger partial charge in [-0.1, -0.05) is 76.4 Å². The Morgan fingerprint density at radius 1 is 1.05 bits per heavy atom. The van der Waals surface area contributed by atoms with Crippen LogP contribution in [-0.2, 0) is 0 Å². The van der Waals surface area contributed by atoms with Gasteiger partial charge in [0.25, 0.3) is 0 Å². The summed E-state index contributed by atoms with van der Waals surface area (Å²) in [5, 5.41) is 2.55. The van der Waals surface area contributed by atoms with Gasteiger partial charge in [-0.3, -0.25) is 0 Å². The van der Waals surface area contributed by atoms with Gasteiger partial charge < -0.3 is 0 Å². The third kappa shape index (κ3) is 3.57. The van der Waals surface area contributed by atoms with Gasteiger partial charge in [-0.25, -0.2) is 0 Å². The normalized spacial score (nSPS) is 9.68. The summed E-state index contributed by atoms with van der Waals surface area (Å²) in [6.45, 7) is 12.1. The first-order valence-corrected chi connectivity index (χ1v) is 6.55. The molecule has 0 spiro atoms. The van der Waals surface area contributed by atoms with E-state index in [0.29, 0.717) is 0 Å². The summed E-state index contributed by atoms with van der Waals surface area (Å²) in [7, 11) is 0. The Bertz CT molecular complexity index is 560. The second-order valence-electron chi connectivity index (χ2n) is 3.95. The molecule has 2 aromatic carbocycles. The largest absolute Gasteiger partial charge is 0.0984 e. The minimum atomic E-state index is 0. The summed E-state index contributed by atoms with van der Waals surface area (Å²) in [6, 6.07) is 10.7. The smallest absolute Gasteiger partial charge is 0.0105 e. The molecule has 0 saturated heterocycles. The summed E-state index contributed by atoms with van der Waals surface area (Å²) < 4.78 is 0. The molecule has 0 aliphatic heterocycles. The fourth-order valence-electron chi connectivity index (χ4n) is 2.14. The molecule has 0 N–H and O–H groups in total. The van der Waals surface area contributed by atoms with E-state index in [1.54, 1.807) is 0 Å². The van der Waals surface area contributed by atoms with Crippen molar-refractivity contribution in [2.24, 2.45) is 0 Å². The van der Waals surface area contributed by atoms with Gasteiger partial charge in [0.15, 0.2) is 0 Å². The molecule has 0 aromatic heterocycles. The van der Waals surface area contributed by atoms with E-state index in [1.165, 1.54) is 27.5 Å². The number of allylic oxidation sites excluding steroid dienone is 1. The molecule has 2 rings (SSSR count). The highest BCUT2D eigenvalue weighted by Crippen LogP contribution is 2.27. The van der Waals surface area contributed by atoms with Crippen molar-refractivity contribution < 1.29 is 0 Å². The Balaban J connectivity index is 0.00000103. The van der Waals surface area contributed by atoms with Gasteiger partial charge in [0.2, 0.25) is 0 Å². The average Bonchev–Trinajstić information content (AvgIpc) is 2.42. The number of aryl methyl sites for hydroxylation is 1. The van der Waals surface area contributed by atoms with Crippen LogP contribution in [0.1, 0.15) is 44.9 Å². The second kappa shape index (κ2) is 8.31. The highest BCUT2D eigenvalue weighted by molar-refractivity contribution is 5.95. The van der Waals surface area contributed by atoms with Crippen molar-refractivity contribution in [1.82, 2.24) is 0 Å². The SMILES string of the molecule is C.C=Cc1c(/C=C\C)c(C)cc2ccccc12.CC. The summed E-state index contributed by atoms with van der Waals surface area (Å²) in [6.07, 6.45) is 6.17. The molecular formula is C19H26. The highest BCUT2D eigenvalue weighted by Gasteiger charge is 2.05. The first kappa shape index (κ1) is 17.2. The van der Waals surface area contributed by atoms with Crippen LogP contribution < -0.4 is 0 Å². The summed E-state index contributed by atoms with van der Waals surface area (Å²) in [5.74, 6) is 0. The van der Waals surface area contributed by atoms with Crippen LogP contribution in [0.15, 0.2) is 43.0 Å². The molecule has 0 bridgehead atoms. The van der Waals surface area contributed by atoms with E-state index >= 15 is 0 Å². The van der Waals surface area contributed by atoms with Crippen molar-refractivity contribution >= 4 is 22.9 Å². The predicted molar refractivity (Wildman–Crippen MR) is 91.6 cm³/mol. The standard InChI is InChI=1S/C16H16.C2H6.CH4/c1-4-8-15-12(3)11-13-9-6-7-10-16(13)14(15)5-2;1-2;/h4-11H,2H2,1,3H3;1-2H3;1H4/b8-4-;;. The maximum atomic E-state index is 3.93. The maximum Gasteiger partial charge on any atom is -0.0105 e. The lowest BCUT2D eigenvalue weighted by atomic mass is 9.94. The molecule has 0 nitrogen and oxygen atoms in total. The molecule has 2 aromatic rings. The topological polar surface area (TPSA) is 0 Å². The van der Waals surface area contributed by atoms with Crippen LogP contribution in [-0.4, -0.2) is 0 Å². The van der Waals surface area contributed by atoms with E-state index in [4.69, 9.17) is 0 Å². The zero-order valence-corrected chi connectivity index (χ0v) is 11.8. The van der Waals surface area contributed by atoms with Crippen LogP contribution in [0.3, 0.4) is 0 Å². The van der Waals surface area contributed by atoms with E-state index in [0.717, 1.165) is 0 Å². The lowest BCUT2D eigenvalue weighted by molar-refractivity contribution is 1.46. The van der Waals surface area contributed by atoms with E-state index in [-0.39, 0.29) is 7.43 Å². The lowest BCUT2D eigenvalue weighted by Gasteiger charge is -2.10. The Morgan fingerprint density at radius 3 is 2.26 bits per heavy atom. The lowest BCUT2D eigenvalue weighted by Crippen LogP contribution is -1.88. The van der Waals surface area contributed by atoms with Crippen molar-refractivity contribution in [2.45, 2.75) is 35.1 Å². The molecule has 0 unspecified atom stereocenters. The number of hydrogen-bond acceptors (Lipinski definition) is 0. The van der Waals surface area contributed by atoms with Gasteiger partial charge in [0.05, 0.1) is 0 Å². The third-order valence-corrected chi connectivity index (χ3v) is 2.88. The van der Waals surface area contributed by atoms with Crippen molar-refractivity contribution in [2.75, 3.05) is 0 Å². The number of benzene rings is 2. The molecule has 0 aliphatic rings. The third-order valence-electron chi connectivity index (χ3n) is 2.88. The van der Waals surface area contributed by atoms with Gasteiger partial charge in [-0.05, 0) is 41.3 Å². The van der Waals surface area contributed by atoms with Crippen LogP contribution in [0, 0.1) is 6.92 Å². The van der Waals surface area contributed by atoms with Crippen LogP contribution in [0.2, 0.25) is 0 Å². The van der Waals surface area contributed by atoms with E-state index in [9.17, 15) is 0 Å². The minimum absolute atomic E-state index is 0. The average molecular weight is 254 g/mol. The highest BCUT2D eigenvalue weighted by atomic mass is 14.1. The van der Waals surface area contributed by atoms with Crippen LogP contribution >= 0.6 is 0 Å². The molecule has 0 fully saturated rings. The van der Waals surface area contributed by atoms with E-state index in [1.807, 2.05) is 26.8 Å². The molecular weight excluding hydrogens is 228 g/mol. The van der Waals surface area contributed by atoms with Gasteiger partial charge >= 0.3 is 0 Å². The summed E-state index contributed by atoms with van der Waals surface area (Å²) >= 11 is 0. The van der Waals surface area contributed by atoms with Crippen molar-refractivity contribution in [3.8, 4) is 0 Å². The van der Waals surface area contributed by atoms with E-state index < -0.39 is 0 Å². The second-order valence-corrected chi connectivity index (χ2v) is 3.95. The summed E-state index contributed by atoms with van der Waals surface area (Å²) in [5.41, 5.74) is 3.80. The first-order valence-electron chi connectivity index (χ1n) is 6.55. The van der Waals surface area contributed by atoms with Gasteiger partial charge in [0, 0.05) is 0 Å². The molecule has 0 atom stereocenters. The molecule has 0 heteroatoms. The first-order chi connectivity index (χ1) is 8.77. The Labute approximate surface area is 118 Å². The Kier molecular flexibility index (Phi) is 7.52. The van der Waals surface area contributed by atoms with Gasteiger partial charge in [-0.15, -0.1) is 0 Å². The fourth-order valence-corrected chi connectivity index (χ4v) is 2.14. The fraction of sp³-hybridized carbons (Fsp3) is 0.263. The van der Waals surface area contributed by atoms with Crippen LogP contribution in [0.5, 0.6) is 0 Å². The molecule has 0 heterocycles. The molecule has 0 saturated carbocycles. The zero-order chi connectivity index (χ0) is 13.5.